The molecule has 1 aromatic heterocycles. The molecule has 0 saturated carbocycles. The molecule has 0 saturated heterocycles. The summed E-state index contributed by atoms with van der Waals surface area (Å²) in [5, 5.41) is 4.30. The number of aromatic nitrogens is 2. The van der Waals surface area contributed by atoms with Crippen molar-refractivity contribution < 1.29 is 4.52 Å². The number of nitrogens with zero attached hydrogens (tertiary/aromatic N) is 2. The van der Waals surface area contributed by atoms with Crippen molar-refractivity contribution in [2.45, 2.75) is 0 Å². The van der Waals surface area contributed by atoms with Crippen LogP contribution in [0.25, 0.3) is 11.5 Å². The molecule has 4 nitrogen and oxygen atoms in total. The molecular formula is C8H5Cl2N3O. The van der Waals surface area contributed by atoms with Gasteiger partial charge in [-0.3, -0.25) is 0 Å². The van der Waals surface area contributed by atoms with Gasteiger partial charge in [0.15, 0.2) is 6.33 Å². The summed E-state index contributed by atoms with van der Waals surface area (Å²) in [5.74, 6) is 0.259. The Morgan fingerprint density at radius 1 is 1.21 bits per heavy atom. The van der Waals surface area contributed by atoms with Crippen molar-refractivity contribution in [2.75, 3.05) is 5.73 Å². The summed E-state index contributed by atoms with van der Waals surface area (Å²) >= 11 is 11.8. The maximum absolute atomic E-state index is 5.93. The SMILES string of the molecule is Nc1c(Cl)ccc(Cl)c1-c1ncno1. The fraction of sp³-hybridized carbons (Fsp3) is 0. The van der Waals surface area contributed by atoms with Crippen molar-refractivity contribution in [1.82, 2.24) is 10.1 Å². The summed E-state index contributed by atoms with van der Waals surface area (Å²) in [6.45, 7) is 0. The van der Waals surface area contributed by atoms with Crippen molar-refractivity contribution in [3.05, 3.63) is 28.5 Å². The Labute approximate surface area is 89.6 Å². The summed E-state index contributed by atoms with van der Waals surface area (Å²) in [5.41, 5.74) is 6.54. The molecule has 0 bridgehead atoms. The minimum Gasteiger partial charge on any atom is -0.397 e. The Balaban J connectivity index is 2.69. The number of nitrogen functional groups attached to an aromatic ring is 1. The molecule has 0 radical (unpaired) electrons. The van der Waals surface area contributed by atoms with E-state index in [1.807, 2.05) is 0 Å². The van der Waals surface area contributed by atoms with Gasteiger partial charge in [0.25, 0.3) is 5.89 Å². The van der Waals surface area contributed by atoms with E-state index in [-0.39, 0.29) is 5.89 Å². The van der Waals surface area contributed by atoms with E-state index in [0.29, 0.717) is 21.3 Å². The van der Waals surface area contributed by atoms with E-state index < -0.39 is 0 Å². The van der Waals surface area contributed by atoms with Gasteiger partial charge in [-0.05, 0) is 12.1 Å². The minimum atomic E-state index is 0.259. The largest absolute Gasteiger partial charge is 0.397 e. The van der Waals surface area contributed by atoms with E-state index in [1.54, 1.807) is 12.1 Å². The number of hydrogen-bond donors (Lipinski definition) is 1. The number of rotatable bonds is 1. The van der Waals surface area contributed by atoms with Crippen LogP contribution in [0.4, 0.5) is 5.69 Å². The molecule has 6 heteroatoms. The van der Waals surface area contributed by atoms with Gasteiger partial charge in [-0.1, -0.05) is 28.4 Å². The molecule has 0 unspecified atom stereocenters. The Morgan fingerprint density at radius 3 is 2.57 bits per heavy atom. The zero-order valence-electron chi connectivity index (χ0n) is 6.87. The zero-order valence-corrected chi connectivity index (χ0v) is 8.38. The second-order valence-electron chi connectivity index (χ2n) is 2.56. The van der Waals surface area contributed by atoms with E-state index in [1.165, 1.54) is 6.33 Å². The van der Waals surface area contributed by atoms with Crippen LogP contribution in [-0.2, 0) is 0 Å². The van der Waals surface area contributed by atoms with Crippen molar-refractivity contribution >= 4 is 28.9 Å². The van der Waals surface area contributed by atoms with Gasteiger partial charge in [0, 0.05) is 0 Å². The van der Waals surface area contributed by atoms with E-state index in [9.17, 15) is 0 Å². The van der Waals surface area contributed by atoms with Gasteiger partial charge in [-0.2, -0.15) is 4.98 Å². The van der Waals surface area contributed by atoms with Crippen LogP contribution in [0, 0.1) is 0 Å². The van der Waals surface area contributed by atoms with E-state index in [4.69, 9.17) is 33.5 Å². The molecule has 1 heterocycles. The first-order chi connectivity index (χ1) is 6.70. The Hall–Kier alpha value is -1.26. The average Bonchev–Trinajstić information content (AvgIpc) is 2.65. The Bertz CT molecular complexity index is 456. The van der Waals surface area contributed by atoms with Crippen LogP contribution in [0.3, 0.4) is 0 Å². The van der Waals surface area contributed by atoms with E-state index in [2.05, 4.69) is 10.1 Å². The fourth-order valence-electron chi connectivity index (χ4n) is 1.07. The van der Waals surface area contributed by atoms with E-state index >= 15 is 0 Å². The third kappa shape index (κ3) is 1.42. The molecule has 0 aliphatic heterocycles. The third-order valence-corrected chi connectivity index (χ3v) is 2.36. The average molecular weight is 230 g/mol. The lowest BCUT2D eigenvalue weighted by atomic mass is 10.2. The first kappa shape index (κ1) is 9.30. The summed E-state index contributed by atoms with van der Waals surface area (Å²) in [6.07, 6.45) is 1.27. The molecule has 2 rings (SSSR count). The molecule has 1 aromatic carbocycles. The first-order valence-electron chi connectivity index (χ1n) is 3.70. The molecular weight excluding hydrogens is 225 g/mol. The topological polar surface area (TPSA) is 64.9 Å². The highest BCUT2D eigenvalue weighted by Gasteiger charge is 2.14. The number of benzene rings is 1. The van der Waals surface area contributed by atoms with Crippen LogP contribution in [-0.4, -0.2) is 10.1 Å². The van der Waals surface area contributed by atoms with Gasteiger partial charge >= 0.3 is 0 Å². The minimum absolute atomic E-state index is 0.259. The lowest BCUT2D eigenvalue weighted by molar-refractivity contribution is 0.430. The van der Waals surface area contributed by atoms with Crippen LogP contribution in [0.15, 0.2) is 23.0 Å². The predicted octanol–water partition coefficient (Wildman–Crippen LogP) is 2.63. The van der Waals surface area contributed by atoms with Gasteiger partial charge in [0.05, 0.1) is 21.3 Å². The molecule has 0 atom stereocenters. The van der Waals surface area contributed by atoms with Crippen LogP contribution in [0.1, 0.15) is 0 Å². The highest BCUT2D eigenvalue weighted by molar-refractivity contribution is 6.37. The van der Waals surface area contributed by atoms with E-state index in [0.717, 1.165) is 0 Å². The number of nitrogens with two attached hydrogens (primary N) is 1. The van der Waals surface area contributed by atoms with Crippen molar-refractivity contribution in [3.63, 3.8) is 0 Å². The standard InChI is InChI=1S/C8H5Cl2N3O/c9-4-1-2-5(10)7(11)6(4)8-12-3-13-14-8/h1-3H,11H2. The summed E-state index contributed by atoms with van der Waals surface area (Å²) < 4.78 is 4.85. The van der Waals surface area contributed by atoms with Crippen molar-refractivity contribution in [1.29, 1.82) is 0 Å². The molecule has 2 aromatic rings. The fourth-order valence-corrected chi connectivity index (χ4v) is 1.47. The number of halogens is 2. The molecule has 14 heavy (non-hydrogen) atoms. The molecule has 0 amide bonds. The second-order valence-corrected chi connectivity index (χ2v) is 3.38. The van der Waals surface area contributed by atoms with Gasteiger partial charge in [-0.25, -0.2) is 0 Å². The highest BCUT2D eigenvalue weighted by atomic mass is 35.5. The number of hydrogen-bond acceptors (Lipinski definition) is 4. The van der Waals surface area contributed by atoms with Crippen LogP contribution >= 0.6 is 23.2 Å². The predicted molar refractivity (Wildman–Crippen MR) is 54.2 cm³/mol. The molecule has 2 N–H and O–H groups in total. The smallest absolute Gasteiger partial charge is 0.261 e. The number of anilines is 1. The zero-order chi connectivity index (χ0) is 10.1. The molecule has 0 spiro atoms. The summed E-state index contributed by atoms with van der Waals surface area (Å²) in [4.78, 5) is 3.85. The summed E-state index contributed by atoms with van der Waals surface area (Å²) in [7, 11) is 0. The highest BCUT2D eigenvalue weighted by Crippen LogP contribution is 2.36. The molecule has 72 valence electrons. The molecule has 0 aliphatic rings. The van der Waals surface area contributed by atoms with Crippen LogP contribution < -0.4 is 5.73 Å². The van der Waals surface area contributed by atoms with Crippen LogP contribution in [0.2, 0.25) is 10.0 Å². The van der Waals surface area contributed by atoms with Crippen LogP contribution in [0.5, 0.6) is 0 Å². The Kier molecular flexibility index (Phi) is 2.31. The first-order valence-corrected chi connectivity index (χ1v) is 4.46. The normalized spacial score (nSPS) is 10.4. The second kappa shape index (κ2) is 3.48. The summed E-state index contributed by atoms with van der Waals surface area (Å²) in [6, 6.07) is 3.23. The molecule has 0 fully saturated rings. The van der Waals surface area contributed by atoms with Gasteiger partial charge < -0.3 is 10.3 Å². The third-order valence-electron chi connectivity index (χ3n) is 1.72. The van der Waals surface area contributed by atoms with Gasteiger partial charge in [0.1, 0.15) is 0 Å². The Morgan fingerprint density at radius 2 is 1.93 bits per heavy atom. The van der Waals surface area contributed by atoms with Gasteiger partial charge in [0.2, 0.25) is 0 Å². The van der Waals surface area contributed by atoms with Crippen molar-refractivity contribution in [2.24, 2.45) is 0 Å². The monoisotopic (exact) mass is 229 g/mol. The van der Waals surface area contributed by atoms with Gasteiger partial charge in [-0.15, -0.1) is 0 Å². The quantitative estimate of drug-likeness (QED) is 0.764. The maximum Gasteiger partial charge on any atom is 0.261 e. The lowest BCUT2D eigenvalue weighted by Gasteiger charge is -2.04. The van der Waals surface area contributed by atoms with Crippen molar-refractivity contribution in [3.8, 4) is 11.5 Å². The molecule has 0 aliphatic carbocycles. The lowest BCUT2D eigenvalue weighted by Crippen LogP contribution is -1.92. The maximum atomic E-state index is 5.93.